The Morgan fingerprint density at radius 1 is 1.08 bits per heavy atom. The maximum absolute atomic E-state index is 12.4. The Morgan fingerprint density at radius 2 is 1.83 bits per heavy atom. The van der Waals surface area contributed by atoms with Gasteiger partial charge in [-0.1, -0.05) is 42.5 Å². The number of carbonyl (C=O) groups excluding carboxylic acids is 2. The van der Waals surface area contributed by atoms with Crippen molar-refractivity contribution in [2.45, 2.75) is 6.54 Å². The van der Waals surface area contributed by atoms with Crippen molar-refractivity contribution in [1.29, 1.82) is 0 Å². The maximum Gasteiger partial charge on any atom is 0.329 e. The van der Waals surface area contributed by atoms with Gasteiger partial charge in [0.1, 0.15) is 5.70 Å². The lowest BCUT2D eigenvalue weighted by atomic mass is 10.1. The number of imide groups is 1. The third kappa shape index (κ3) is 3.14. The van der Waals surface area contributed by atoms with Crippen LogP contribution in [0.1, 0.15) is 11.1 Å². The molecule has 3 amide bonds. The summed E-state index contributed by atoms with van der Waals surface area (Å²) in [4.78, 5) is 35.8. The largest absolute Gasteiger partial charge is 0.329 e. The highest BCUT2D eigenvalue weighted by atomic mass is 16.6. The third-order valence-electron chi connectivity index (χ3n) is 3.54. The monoisotopic (exact) mass is 323 g/mol. The number of nitrogens with one attached hydrogen (secondary N) is 1. The van der Waals surface area contributed by atoms with E-state index in [0.29, 0.717) is 5.56 Å². The standard InChI is InChI=1S/C17H13N3O4/c21-16-15(10-13-7-4-8-14(9-13)20(23)24)18-17(22)19(16)11-12-5-2-1-3-6-12/h1-10H,11H2,(H,18,22)/b15-10+. The molecule has 2 aromatic rings. The van der Waals surface area contributed by atoms with Crippen LogP contribution in [0.25, 0.3) is 6.08 Å². The van der Waals surface area contributed by atoms with Crippen LogP contribution in [0, 0.1) is 10.1 Å². The lowest BCUT2D eigenvalue weighted by molar-refractivity contribution is -0.384. The summed E-state index contributed by atoms with van der Waals surface area (Å²) in [6.07, 6.45) is 1.43. The van der Waals surface area contributed by atoms with Gasteiger partial charge in [0.15, 0.2) is 0 Å². The van der Waals surface area contributed by atoms with Crippen LogP contribution in [0.3, 0.4) is 0 Å². The second-order valence-corrected chi connectivity index (χ2v) is 5.22. The maximum atomic E-state index is 12.4. The number of hydrogen-bond donors (Lipinski definition) is 1. The Bertz CT molecular complexity index is 846. The van der Waals surface area contributed by atoms with Crippen molar-refractivity contribution in [3.8, 4) is 0 Å². The Kier molecular flexibility index (Phi) is 4.07. The molecule has 0 aromatic heterocycles. The molecular formula is C17H13N3O4. The fourth-order valence-electron chi connectivity index (χ4n) is 2.38. The number of amides is 3. The van der Waals surface area contributed by atoms with Gasteiger partial charge < -0.3 is 5.32 Å². The second kappa shape index (κ2) is 6.33. The predicted octanol–water partition coefficient (Wildman–Crippen LogP) is 2.69. The molecule has 1 heterocycles. The van der Waals surface area contributed by atoms with E-state index in [2.05, 4.69) is 5.32 Å². The predicted molar refractivity (Wildman–Crippen MR) is 86.6 cm³/mol. The first-order chi connectivity index (χ1) is 11.5. The van der Waals surface area contributed by atoms with Gasteiger partial charge >= 0.3 is 6.03 Å². The van der Waals surface area contributed by atoms with E-state index in [1.54, 1.807) is 6.07 Å². The van der Waals surface area contributed by atoms with Crippen molar-refractivity contribution in [1.82, 2.24) is 10.2 Å². The summed E-state index contributed by atoms with van der Waals surface area (Å²) >= 11 is 0. The SMILES string of the molecule is O=C1N/C(=C/c2cccc([N+](=O)[O-])c2)C(=O)N1Cc1ccccc1. The fraction of sp³-hybridized carbons (Fsp3) is 0.0588. The molecule has 0 unspecified atom stereocenters. The van der Waals surface area contributed by atoms with Crippen molar-refractivity contribution >= 4 is 23.7 Å². The van der Waals surface area contributed by atoms with Crippen LogP contribution >= 0.6 is 0 Å². The zero-order valence-electron chi connectivity index (χ0n) is 12.5. The Labute approximate surface area is 137 Å². The summed E-state index contributed by atoms with van der Waals surface area (Å²) in [5.74, 6) is -0.463. The zero-order valence-corrected chi connectivity index (χ0v) is 12.5. The molecule has 0 aliphatic carbocycles. The highest BCUT2D eigenvalue weighted by Gasteiger charge is 2.33. The van der Waals surface area contributed by atoms with E-state index in [1.165, 1.54) is 24.3 Å². The summed E-state index contributed by atoms with van der Waals surface area (Å²) < 4.78 is 0. The summed E-state index contributed by atoms with van der Waals surface area (Å²) in [6.45, 7) is 0.164. The van der Waals surface area contributed by atoms with Gasteiger partial charge in [0, 0.05) is 12.1 Å². The number of urea groups is 1. The summed E-state index contributed by atoms with van der Waals surface area (Å²) in [5, 5.41) is 13.3. The molecule has 0 bridgehead atoms. The van der Waals surface area contributed by atoms with Gasteiger partial charge in [-0.2, -0.15) is 0 Å². The molecule has 1 fully saturated rings. The van der Waals surface area contributed by atoms with E-state index in [-0.39, 0.29) is 17.9 Å². The highest BCUT2D eigenvalue weighted by Crippen LogP contribution is 2.19. The van der Waals surface area contributed by atoms with Crippen molar-refractivity contribution in [3.63, 3.8) is 0 Å². The average molecular weight is 323 g/mol. The third-order valence-corrected chi connectivity index (χ3v) is 3.54. The van der Waals surface area contributed by atoms with Gasteiger partial charge in [0.2, 0.25) is 0 Å². The molecule has 1 aliphatic heterocycles. The van der Waals surface area contributed by atoms with Gasteiger partial charge in [-0.3, -0.25) is 19.8 Å². The van der Waals surface area contributed by atoms with Crippen molar-refractivity contribution in [2.75, 3.05) is 0 Å². The Morgan fingerprint density at radius 3 is 2.54 bits per heavy atom. The smallest absolute Gasteiger partial charge is 0.303 e. The van der Waals surface area contributed by atoms with E-state index in [0.717, 1.165) is 10.5 Å². The van der Waals surface area contributed by atoms with Crippen molar-refractivity contribution in [3.05, 3.63) is 81.5 Å². The van der Waals surface area contributed by atoms with E-state index in [1.807, 2.05) is 30.3 Å². The molecule has 2 aromatic carbocycles. The van der Waals surface area contributed by atoms with E-state index in [4.69, 9.17) is 0 Å². The molecule has 1 aliphatic rings. The fourth-order valence-corrected chi connectivity index (χ4v) is 2.38. The first-order valence-electron chi connectivity index (χ1n) is 7.17. The lowest BCUT2D eigenvalue weighted by Crippen LogP contribution is -2.30. The van der Waals surface area contributed by atoms with Gasteiger partial charge in [0.05, 0.1) is 11.5 Å². The van der Waals surface area contributed by atoms with Crippen molar-refractivity contribution < 1.29 is 14.5 Å². The molecule has 0 spiro atoms. The normalized spacial score (nSPS) is 15.7. The van der Waals surface area contributed by atoms with Gasteiger partial charge in [0.25, 0.3) is 11.6 Å². The number of carbonyl (C=O) groups is 2. The van der Waals surface area contributed by atoms with Crippen LogP contribution in [-0.4, -0.2) is 21.8 Å². The molecule has 1 saturated heterocycles. The molecule has 0 radical (unpaired) electrons. The van der Waals surface area contributed by atoms with E-state index in [9.17, 15) is 19.7 Å². The van der Waals surface area contributed by atoms with E-state index < -0.39 is 16.9 Å². The zero-order chi connectivity index (χ0) is 17.1. The number of nitro groups is 1. The van der Waals surface area contributed by atoms with Crippen LogP contribution in [0.4, 0.5) is 10.5 Å². The minimum absolute atomic E-state index is 0.0812. The molecule has 24 heavy (non-hydrogen) atoms. The quantitative estimate of drug-likeness (QED) is 0.405. The Balaban J connectivity index is 1.83. The number of hydrogen-bond acceptors (Lipinski definition) is 4. The average Bonchev–Trinajstić information content (AvgIpc) is 2.83. The minimum atomic E-state index is -0.515. The molecule has 3 rings (SSSR count). The number of non-ortho nitro benzene ring substituents is 1. The summed E-state index contributed by atoms with van der Waals surface area (Å²) in [5.41, 5.74) is 1.31. The first kappa shape index (κ1) is 15.4. The summed E-state index contributed by atoms with van der Waals surface area (Å²) in [6, 6.07) is 14.5. The van der Waals surface area contributed by atoms with Gasteiger partial charge in [-0.25, -0.2) is 4.79 Å². The number of nitro benzene ring substituents is 1. The molecule has 7 heteroatoms. The second-order valence-electron chi connectivity index (χ2n) is 5.22. The molecule has 1 N–H and O–H groups in total. The van der Waals surface area contributed by atoms with Crippen LogP contribution in [0.5, 0.6) is 0 Å². The van der Waals surface area contributed by atoms with Gasteiger partial charge in [-0.15, -0.1) is 0 Å². The highest BCUT2D eigenvalue weighted by molar-refractivity contribution is 6.13. The van der Waals surface area contributed by atoms with E-state index >= 15 is 0 Å². The lowest BCUT2D eigenvalue weighted by Gasteiger charge is -2.11. The van der Waals surface area contributed by atoms with Crippen molar-refractivity contribution in [2.24, 2.45) is 0 Å². The first-order valence-corrected chi connectivity index (χ1v) is 7.17. The van der Waals surface area contributed by atoms with Crippen LogP contribution < -0.4 is 5.32 Å². The summed E-state index contributed by atoms with van der Waals surface area (Å²) in [7, 11) is 0. The Hall–Kier alpha value is -3.48. The molecule has 7 nitrogen and oxygen atoms in total. The molecule has 120 valence electrons. The van der Waals surface area contributed by atoms with Gasteiger partial charge in [-0.05, 0) is 17.2 Å². The molecular weight excluding hydrogens is 310 g/mol. The topological polar surface area (TPSA) is 92.5 Å². The minimum Gasteiger partial charge on any atom is -0.303 e. The number of benzene rings is 2. The number of nitrogens with zero attached hydrogens (tertiary/aromatic N) is 2. The molecule has 0 atom stereocenters. The van der Waals surface area contributed by atoms with Crippen LogP contribution in [0.15, 0.2) is 60.3 Å². The molecule has 0 saturated carbocycles. The number of rotatable bonds is 4. The van der Waals surface area contributed by atoms with Crippen LogP contribution in [0.2, 0.25) is 0 Å². The van der Waals surface area contributed by atoms with Crippen LogP contribution in [-0.2, 0) is 11.3 Å².